The van der Waals surface area contributed by atoms with Crippen LogP contribution in [0.25, 0.3) is 10.8 Å². The molecule has 1 aromatic heterocycles. The van der Waals surface area contributed by atoms with Gasteiger partial charge in [0.25, 0.3) is 11.5 Å². The van der Waals surface area contributed by atoms with Gasteiger partial charge in [-0.05, 0) is 25.5 Å². The first-order chi connectivity index (χ1) is 11.4. The third kappa shape index (κ3) is 5.28. The van der Waals surface area contributed by atoms with Gasteiger partial charge in [0.2, 0.25) is 0 Å². The Morgan fingerprint density at radius 3 is 2.44 bits per heavy atom. The molecule has 7 heteroatoms. The summed E-state index contributed by atoms with van der Waals surface area (Å²) in [6.07, 6.45) is 0. The van der Waals surface area contributed by atoms with Crippen LogP contribution < -0.4 is 16.2 Å². The van der Waals surface area contributed by atoms with Crippen LogP contribution in [0.1, 0.15) is 38.2 Å². The van der Waals surface area contributed by atoms with E-state index in [0.29, 0.717) is 29.6 Å². The zero-order valence-electron chi connectivity index (χ0n) is 15.2. The fourth-order valence-electron chi connectivity index (χ4n) is 2.62. The molecule has 0 saturated carbocycles. The molecule has 2 rings (SSSR count). The van der Waals surface area contributed by atoms with Crippen LogP contribution in [0, 0.1) is 5.92 Å². The van der Waals surface area contributed by atoms with Crippen LogP contribution in [0.2, 0.25) is 0 Å². The molecule has 0 aliphatic heterocycles. The monoisotopic (exact) mass is 366 g/mol. The molecule has 1 heterocycles. The van der Waals surface area contributed by atoms with Gasteiger partial charge in [-0.1, -0.05) is 39.0 Å². The maximum Gasteiger partial charge on any atom is 0.274 e. The molecule has 6 nitrogen and oxygen atoms in total. The van der Waals surface area contributed by atoms with Crippen LogP contribution >= 0.6 is 12.4 Å². The smallest absolute Gasteiger partial charge is 0.274 e. The lowest BCUT2D eigenvalue weighted by atomic mass is 10.1. The first-order valence-electron chi connectivity index (χ1n) is 8.45. The number of fused-ring (bicyclic) bond motifs is 1. The third-order valence-corrected chi connectivity index (χ3v) is 3.74. The summed E-state index contributed by atoms with van der Waals surface area (Å²) in [7, 11) is 0. The Bertz CT molecular complexity index is 773. The number of likely N-dealkylation sites (N-methyl/N-ethyl adjacent to an activating group) is 1. The number of benzene rings is 1. The number of carbonyl (C=O) groups excluding carboxylic acids is 1. The van der Waals surface area contributed by atoms with Gasteiger partial charge in [-0.15, -0.1) is 12.4 Å². The zero-order valence-corrected chi connectivity index (χ0v) is 16.0. The van der Waals surface area contributed by atoms with Crippen molar-refractivity contribution in [3.8, 4) is 0 Å². The second kappa shape index (κ2) is 9.53. The van der Waals surface area contributed by atoms with E-state index in [0.717, 1.165) is 6.54 Å². The van der Waals surface area contributed by atoms with E-state index in [-0.39, 0.29) is 35.8 Å². The van der Waals surface area contributed by atoms with Crippen molar-refractivity contribution in [2.45, 2.75) is 40.3 Å². The molecular weight excluding hydrogens is 340 g/mol. The van der Waals surface area contributed by atoms with Gasteiger partial charge in [-0.3, -0.25) is 9.59 Å². The van der Waals surface area contributed by atoms with Crippen molar-refractivity contribution in [1.82, 2.24) is 20.4 Å². The maximum atomic E-state index is 12.6. The van der Waals surface area contributed by atoms with Crippen LogP contribution in [-0.2, 0) is 6.54 Å². The Morgan fingerprint density at radius 2 is 1.84 bits per heavy atom. The van der Waals surface area contributed by atoms with E-state index in [1.165, 1.54) is 4.68 Å². The Hall–Kier alpha value is -1.92. The third-order valence-electron chi connectivity index (χ3n) is 3.74. The molecule has 0 fully saturated rings. The number of carbonyl (C=O) groups is 1. The number of nitrogens with one attached hydrogen (secondary N) is 2. The predicted octanol–water partition coefficient (Wildman–Crippen LogP) is 2.20. The Morgan fingerprint density at radius 1 is 1.20 bits per heavy atom. The minimum absolute atomic E-state index is 0. The molecule has 1 aromatic carbocycles. The minimum Gasteiger partial charge on any atom is -0.349 e. The van der Waals surface area contributed by atoms with Crippen LogP contribution in [0.4, 0.5) is 0 Å². The van der Waals surface area contributed by atoms with Crippen molar-refractivity contribution in [2.24, 2.45) is 5.92 Å². The highest BCUT2D eigenvalue weighted by molar-refractivity contribution is 6.04. The first-order valence-corrected chi connectivity index (χ1v) is 8.45. The number of rotatable bonds is 7. The lowest BCUT2D eigenvalue weighted by Gasteiger charge is -2.15. The summed E-state index contributed by atoms with van der Waals surface area (Å²) in [5.74, 6) is 0.00880. The molecule has 0 aliphatic rings. The van der Waals surface area contributed by atoms with Crippen LogP contribution in [0.3, 0.4) is 0 Å². The van der Waals surface area contributed by atoms with Crippen LogP contribution in [-0.4, -0.2) is 34.8 Å². The summed E-state index contributed by atoms with van der Waals surface area (Å²) in [6, 6.07) is 7.30. The summed E-state index contributed by atoms with van der Waals surface area (Å²) in [4.78, 5) is 25.1. The predicted molar refractivity (Wildman–Crippen MR) is 104 cm³/mol. The summed E-state index contributed by atoms with van der Waals surface area (Å²) < 4.78 is 1.40. The molecular formula is C18H27ClN4O2. The number of aromatic nitrogens is 2. The summed E-state index contributed by atoms with van der Waals surface area (Å²) in [5, 5.41) is 11.6. The molecule has 0 radical (unpaired) electrons. The Balaban J connectivity index is 0.00000312. The summed E-state index contributed by atoms with van der Waals surface area (Å²) in [5.41, 5.74) is 0.145. The highest BCUT2D eigenvalue weighted by Gasteiger charge is 2.17. The molecule has 0 spiro atoms. The molecule has 2 aromatic rings. The van der Waals surface area contributed by atoms with Gasteiger partial charge in [0.05, 0.1) is 5.39 Å². The molecule has 1 atom stereocenters. The number of nitrogens with zero attached hydrogens (tertiary/aromatic N) is 2. The summed E-state index contributed by atoms with van der Waals surface area (Å²) >= 11 is 0. The van der Waals surface area contributed by atoms with Crippen molar-refractivity contribution in [3.63, 3.8) is 0 Å². The second-order valence-corrected chi connectivity index (χ2v) is 6.44. The van der Waals surface area contributed by atoms with Crippen molar-refractivity contribution in [2.75, 3.05) is 13.1 Å². The normalized spacial score (nSPS) is 12.0. The van der Waals surface area contributed by atoms with E-state index in [1.807, 2.05) is 33.8 Å². The van der Waals surface area contributed by atoms with E-state index < -0.39 is 0 Å². The van der Waals surface area contributed by atoms with E-state index >= 15 is 0 Å². The first kappa shape index (κ1) is 21.1. The standard InChI is InChI=1S/C18H26N4O2.ClH/c1-5-19-13(4)10-20-17(23)16-14-8-6-7-9-15(14)18(24)22(21-16)11-12(2)3;/h6-9,12-13,19H,5,10-11H2,1-4H3,(H,20,23);1H/t13-;/m1./s1. The molecule has 0 bridgehead atoms. The molecule has 25 heavy (non-hydrogen) atoms. The summed E-state index contributed by atoms with van der Waals surface area (Å²) in [6.45, 7) is 9.90. The lowest BCUT2D eigenvalue weighted by Crippen LogP contribution is -2.40. The van der Waals surface area contributed by atoms with Gasteiger partial charge in [0.15, 0.2) is 5.69 Å². The van der Waals surface area contributed by atoms with Gasteiger partial charge in [-0.25, -0.2) is 4.68 Å². The average Bonchev–Trinajstić information content (AvgIpc) is 2.55. The molecule has 138 valence electrons. The van der Waals surface area contributed by atoms with Crippen molar-refractivity contribution in [1.29, 1.82) is 0 Å². The van der Waals surface area contributed by atoms with Gasteiger partial charge >= 0.3 is 0 Å². The van der Waals surface area contributed by atoms with E-state index in [1.54, 1.807) is 18.2 Å². The highest BCUT2D eigenvalue weighted by atomic mass is 35.5. The van der Waals surface area contributed by atoms with E-state index in [4.69, 9.17) is 0 Å². The number of amides is 1. The largest absolute Gasteiger partial charge is 0.349 e. The quantitative estimate of drug-likeness (QED) is 0.787. The van der Waals surface area contributed by atoms with Gasteiger partial charge in [0.1, 0.15) is 0 Å². The average molecular weight is 367 g/mol. The van der Waals surface area contributed by atoms with Crippen molar-refractivity contribution >= 4 is 29.1 Å². The number of halogens is 1. The Kier molecular flexibility index (Phi) is 8.06. The fraction of sp³-hybridized carbons (Fsp3) is 0.500. The van der Waals surface area contributed by atoms with Gasteiger partial charge in [-0.2, -0.15) is 5.10 Å². The molecule has 0 unspecified atom stereocenters. The SMILES string of the molecule is CCN[C@H](C)CNC(=O)c1nn(CC(C)C)c(=O)c2ccccc12.Cl. The van der Waals surface area contributed by atoms with Gasteiger partial charge < -0.3 is 10.6 Å². The van der Waals surface area contributed by atoms with Crippen LogP contribution in [0.15, 0.2) is 29.1 Å². The number of hydrogen-bond donors (Lipinski definition) is 2. The maximum absolute atomic E-state index is 12.6. The number of hydrogen-bond acceptors (Lipinski definition) is 4. The van der Waals surface area contributed by atoms with E-state index in [2.05, 4.69) is 15.7 Å². The fourth-order valence-corrected chi connectivity index (χ4v) is 2.62. The van der Waals surface area contributed by atoms with Gasteiger partial charge in [0, 0.05) is 24.5 Å². The van der Waals surface area contributed by atoms with Crippen LogP contribution in [0.5, 0.6) is 0 Å². The van der Waals surface area contributed by atoms with E-state index in [9.17, 15) is 9.59 Å². The molecule has 0 aliphatic carbocycles. The topological polar surface area (TPSA) is 76.0 Å². The Labute approximate surface area is 154 Å². The van der Waals surface area contributed by atoms with Crippen molar-refractivity contribution in [3.05, 3.63) is 40.3 Å². The lowest BCUT2D eigenvalue weighted by molar-refractivity contribution is 0.0944. The second-order valence-electron chi connectivity index (χ2n) is 6.44. The highest BCUT2D eigenvalue weighted by Crippen LogP contribution is 2.13. The molecule has 0 saturated heterocycles. The van der Waals surface area contributed by atoms with Crippen molar-refractivity contribution < 1.29 is 4.79 Å². The zero-order chi connectivity index (χ0) is 17.7. The minimum atomic E-state index is -0.256. The molecule has 2 N–H and O–H groups in total. The molecule has 1 amide bonds.